The third-order valence-corrected chi connectivity index (χ3v) is 5.15. The lowest BCUT2D eigenvalue weighted by atomic mass is 9.81. The van der Waals surface area contributed by atoms with Crippen LogP contribution < -0.4 is 0 Å². The summed E-state index contributed by atoms with van der Waals surface area (Å²) in [7, 11) is 0. The van der Waals surface area contributed by atoms with Gasteiger partial charge in [0.2, 0.25) is 5.91 Å². The number of esters is 2. The lowest BCUT2D eigenvalue weighted by Gasteiger charge is -2.34. The molecule has 0 fully saturated rings. The van der Waals surface area contributed by atoms with Crippen molar-refractivity contribution in [3.8, 4) is 0 Å². The van der Waals surface area contributed by atoms with E-state index in [1.807, 2.05) is 24.3 Å². The van der Waals surface area contributed by atoms with Crippen LogP contribution in [0, 0.1) is 0 Å². The number of carbonyl (C=O) groups excluding carboxylic acids is 3. The number of rotatable bonds is 7. The van der Waals surface area contributed by atoms with Crippen LogP contribution in [0.15, 0.2) is 48.2 Å². The molecule has 0 bridgehead atoms. The highest BCUT2D eigenvalue weighted by atomic mass is 16.5. The highest BCUT2D eigenvalue weighted by Crippen LogP contribution is 2.37. The van der Waals surface area contributed by atoms with Crippen LogP contribution in [-0.2, 0) is 29.3 Å². The van der Waals surface area contributed by atoms with Gasteiger partial charge in [0.05, 0.1) is 12.2 Å². The molecule has 0 saturated carbocycles. The van der Waals surface area contributed by atoms with E-state index in [2.05, 4.69) is 27.4 Å². The average Bonchev–Trinajstić information content (AvgIpc) is 2.68. The van der Waals surface area contributed by atoms with Gasteiger partial charge in [-0.2, -0.15) is 0 Å². The van der Waals surface area contributed by atoms with Crippen LogP contribution in [0.5, 0.6) is 0 Å². The maximum atomic E-state index is 12.9. The van der Waals surface area contributed by atoms with E-state index in [0.717, 1.165) is 11.1 Å². The molecule has 1 heterocycles. The molecule has 1 aliphatic heterocycles. The zero-order chi connectivity index (χ0) is 22.5. The summed E-state index contributed by atoms with van der Waals surface area (Å²) in [4.78, 5) is 39.0. The number of allylic oxidation sites excluding steroid dienone is 1. The SMILES string of the molecule is C=CCOC(=O)C1=C(C)N(CC(=O)OCC)C(=O)CC1c1ccc(C(C)(C)C)cc1. The predicted molar refractivity (Wildman–Crippen MR) is 115 cm³/mol. The second kappa shape index (κ2) is 9.74. The third kappa shape index (κ3) is 5.38. The van der Waals surface area contributed by atoms with Crippen LogP contribution >= 0.6 is 0 Å². The topological polar surface area (TPSA) is 72.9 Å². The van der Waals surface area contributed by atoms with Crippen molar-refractivity contribution in [2.75, 3.05) is 19.8 Å². The Morgan fingerprint density at radius 2 is 1.83 bits per heavy atom. The number of carbonyl (C=O) groups is 3. The maximum absolute atomic E-state index is 12.9. The first-order chi connectivity index (χ1) is 14.1. The highest BCUT2D eigenvalue weighted by Gasteiger charge is 2.37. The Bertz CT molecular complexity index is 845. The fourth-order valence-corrected chi connectivity index (χ4v) is 3.52. The number of benzene rings is 1. The lowest BCUT2D eigenvalue weighted by Crippen LogP contribution is -2.41. The van der Waals surface area contributed by atoms with E-state index in [0.29, 0.717) is 11.3 Å². The summed E-state index contributed by atoms with van der Waals surface area (Å²) < 4.78 is 10.3. The van der Waals surface area contributed by atoms with E-state index >= 15 is 0 Å². The van der Waals surface area contributed by atoms with E-state index in [-0.39, 0.29) is 37.5 Å². The molecule has 1 aromatic carbocycles. The van der Waals surface area contributed by atoms with Crippen molar-refractivity contribution >= 4 is 17.8 Å². The number of nitrogens with zero attached hydrogens (tertiary/aromatic N) is 1. The second-order valence-electron chi connectivity index (χ2n) is 8.30. The first-order valence-corrected chi connectivity index (χ1v) is 10.1. The zero-order valence-electron chi connectivity index (χ0n) is 18.5. The predicted octanol–water partition coefficient (Wildman–Crippen LogP) is 3.87. The Kier molecular flexibility index (Phi) is 7.59. The molecule has 0 aromatic heterocycles. The number of hydrogen-bond acceptors (Lipinski definition) is 5. The Morgan fingerprint density at radius 3 is 2.37 bits per heavy atom. The molecule has 0 aliphatic carbocycles. The van der Waals surface area contributed by atoms with E-state index in [1.54, 1.807) is 13.8 Å². The number of ether oxygens (including phenoxy) is 2. The molecular weight excluding hydrogens is 382 g/mol. The summed E-state index contributed by atoms with van der Waals surface area (Å²) in [5, 5.41) is 0. The van der Waals surface area contributed by atoms with E-state index in [4.69, 9.17) is 9.47 Å². The summed E-state index contributed by atoms with van der Waals surface area (Å²) in [6.45, 7) is 13.4. The Balaban J connectivity index is 2.46. The minimum absolute atomic E-state index is 0.00513. The van der Waals surface area contributed by atoms with Crippen LogP contribution in [0.3, 0.4) is 0 Å². The van der Waals surface area contributed by atoms with Crippen LogP contribution in [0.2, 0.25) is 0 Å². The van der Waals surface area contributed by atoms with Crippen LogP contribution in [0.4, 0.5) is 0 Å². The Labute approximate surface area is 178 Å². The maximum Gasteiger partial charge on any atom is 0.336 e. The third-order valence-electron chi connectivity index (χ3n) is 5.15. The monoisotopic (exact) mass is 413 g/mol. The van der Waals surface area contributed by atoms with Gasteiger partial charge in [-0.1, -0.05) is 57.7 Å². The van der Waals surface area contributed by atoms with Gasteiger partial charge in [-0.15, -0.1) is 0 Å². The molecule has 1 atom stereocenters. The van der Waals surface area contributed by atoms with Crippen LogP contribution in [-0.4, -0.2) is 42.5 Å². The molecule has 0 radical (unpaired) electrons. The van der Waals surface area contributed by atoms with Gasteiger partial charge in [0, 0.05) is 18.0 Å². The summed E-state index contributed by atoms with van der Waals surface area (Å²) in [6, 6.07) is 7.95. The van der Waals surface area contributed by atoms with E-state index in [1.165, 1.54) is 11.0 Å². The summed E-state index contributed by atoms with van der Waals surface area (Å²) in [5.74, 6) is -1.70. The molecular formula is C24H31NO5. The quantitative estimate of drug-likeness (QED) is 0.501. The lowest BCUT2D eigenvalue weighted by molar-refractivity contribution is -0.149. The molecule has 162 valence electrons. The van der Waals surface area contributed by atoms with Gasteiger partial charge in [-0.05, 0) is 30.4 Å². The van der Waals surface area contributed by atoms with Gasteiger partial charge in [-0.3, -0.25) is 9.59 Å². The molecule has 1 aromatic rings. The highest BCUT2D eigenvalue weighted by molar-refractivity contribution is 5.96. The van der Waals surface area contributed by atoms with Gasteiger partial charge in [-0.25, -0.2) is 4.79 Å². The van der Waals surface area contributed by atoms with Gasteiger partial charge < -0.3 is 14.4 Å². The molecule has 30 heavy (non-hydrogen) atoms. The van der Waals surface area contributed by atoms with Gasteiger partial charge in [0.1, 0.15) is 13.2 Å². The van der Waals surface area contributed by atoms with Gasteiger partial charge >= 0.3 is 11.9 Å². The number of amides is 1. The fraction of sp³-hybridized carbons (Fsp3) is 0.458. The molecule has 0 saturated heterocycles. The standard InChI is InChI=1S/C24H31NO5/c1-7-13-30-23(28)22-16(3)25(15-21(27)29-8-2)20(26)14-19(22)17-9-11-18(12-10-17)24(4,5)6/h7,9-12,19H,1,8,13-15H2,2-6H3. The number of hydrogen-bond donors (Lipinski definition) is 0. The molecule has 1 unspecified atom stereocenters. The molecule has 2 rings (SSSR count). The largest absolute Gasteiger partial charge is 0.465 e. The van der Waals surface area contributed by atoms with Crippen molar-refractivity contribution in [2.24, 2.45) is 0 Å². The first-order valence-electron chi connectivity index (χ1n) is 10.1. The van der Waals surface area contributed by atoms with Crippen molar-refractivity contribution < 1.29 is 23.9 Å². The zero-order valence-corrected chi connectivity index (χ0v) is 18.5. The van der Waals surface area contributed by atoms with Crippen molar-refractivity contribution in [1.29, 1.82) is 0 Å². The van der Waals surface area contributed by atoms with Crippen LogP contribution in [0.1, 0.15) is 58.1 Å². The van der Waals surface area contributed by atoms with E-state index in [9.17, 15) is 14.4 Å². The Morgan fingerprint density at radius 1 is 1.20 bits per heavy atom. The Hall–Kier alpha value is -2.89. The average molecular weight is 414 g/mol. The van der Waals surface area contributed by atoms with Gasteiger partial charge in [0.15, 0.2) is 0 Å². The first kappa shape index (κ1) is 23.4. The smallest absolute Gasteiger partial charge is 0.336 e. The molecule has 0 spiro atoms. The fourth-order valence-electron chi connectivity index (χ4n) is 3.52. The molecule has 6 nitrogen and oxygen atoms in total. The van der Waals surface area contributed by atoms with Crippen LogP contribution in [0.25, 0.3) is 0 Å². The van der Waals surface area contributed by atoms with Crippen molar-refractivity contribution in [2.45, 2.75) is 52.4 Å². The molecule has 0 N–H and O–H groups in total. The van der Waals surface area contributed by atoms with E-state index < -0.39 is 17.9 Å². The molecule has 6 heteroatoms. The minimum atomic E-state index is -0.517. The van der Waals surface area contributed by atoms with Crippen molar-refractivity contribution in [1.82, 2.24) is 4.90 Å². The summed E-state index contributed by atoms with van der Waals surface area (Å²) >= 11 is 0. The molecule has 1 amide bonds. The normalized spacial score (nSPS) is 17.0. The van der Waals surface area contributed by atoms with Gasteiger partial charge in [0.25, 0.3) is 0 Å². The van der Waals surface area contributed by atoms with Crippen molar-refractivity contribution in [3.63, 3.8) is 0 Å². The second-order valence-corrected chi connectivity index (χ2v) is 8.30. The minimum Gasteiger partial charge on any atom is -0.465 e. The summed E-state index contributed by atoms with van der Waals surface area (Å²) in [5.41, 5.74) is 2.81. The van der Waals surface area contributed by atoms with Crippen molar-refractivity contribution in [3.05, 3.63) is 59.3 Å². The summed E-state index contributed by atoms with van der Waals surface area (Å²) in [6.07, 6.45) is 1.56. The molecule has 1 aliphatic rings.